The van der Waals surface area contributed by atoms with E-state index in [-0.39, 0.29) is 6.07 Å². The lowest BCUT2D eigenvalue weighted by atomic mass is 10.0. The second kappa shape index (κ2) is 4.47. The van der Waals surface area contributed by atoms with Crippen molar-refractivity contribution in [2.24, 2.45) is 0 Å². The van der Waals surface area contributed by atoms with Gasteiger partial charge in [-0.2, -0.15) is 26.3 Å². The molecule has 0 heterocycles. The summed E-state index contributed by atoms with van der Waals surface area (Å²) in [5.41, 5.74) is -4.92. The summed E-state index contributed by atoms with van der Waals surface area (Å²) in [5, 5.41) is -0.655. The fourth-order valence-electron chi connectivity index (χ4n) is 1.31. The van der Waals surface area contributed by atoms with Gasteiger partial charge in [0.25, 0.3) is 0 Å². The molecule has 0 aromatic heterocycles. The second-order valence-corrected chi connectivity index (χ2v) is 3.64. The third-order valence-electron chi connectivity index (χ3n) is 1.98. The zero-order valence-electron chi connectivity index (χ0n) is 7.89. The Kier molecular flexibility index (Phi) is 3.75. The van der Waals surface area contributed by atoms with Crippen LogP contribution in [-0.4, -0.2) is 0 Å². The number of rotatable bonds is 1. The van der Waals surface area contributed by atoms with Crippen molar-refractivity contribution in [2.45, 2.75) is 17.7 Å². The van der Waals surface area contributed by atoms with Gasteiger partial charge in [-0.25, -0.2) is 4.39 Å². The van der Waals surface area contributed by atoms with Crippen LogP contribution >= 0.6 is 15.9 Å². The molecule has 0 atom stereocenters. The molecule has 0 nitrogen and oxygen atoms in total. The molecule has 0 saturated heterocycles. The molecule has 17 heavy (non-hydrogen) atoms. The van der Waals surface area contributed by atoms with Gasteiger partial charge in [0.2, 0.25) is 0 Å². The summed E-state index contributed by atoms with van der Waals surface area (Å²) >= 11 is 2.55. The predicted octanol–water partition coefficient (Wildman–Crippen LogP) is 4.76. The summed E-state index contributed by atoms with van der Waals surface area (Å²) in [7, 11) is 0. The lowest BCUT2D eigenvalue weighted by molar-refractivity contribution is -0.162. The van der Waals surface area contributed by atoms with Crippen LogP contribution in [0.4, 0.5) is 30.7 Å². The summed E-state index contributed by atoms with van der Waals surface area (Å²) in [5.74, 6) is -1.33. The Morgan fingerprint density at radius 1 is 0.941 bits per heavy atom. The maximum Gasteiger partial charge on any atom is 0.417 e. The largest absolute Gasteiger partial charge is 0.417 e. The molecule has 1 aromatic rings. The van der Waals surface area contributed by atoms with Gasteiger partial charge < -0.3 is 0 Å². The van der Waals surface area contributed by atoms with Crippen LogP contribution < -0.4 is 0 Å². The van der Waals surface area contributed by atoms with Crippen molar-refractivity contribution in [3.05, 3.63) is 34.6 Å². The highest BCUT2D eigenvalue weighted by Gasteiger charge is 2.45. The number of hydrogen-bond acceptors (Lipinski definition) is 0. The fourth-order valence-corrected chi connectivity index (χ4v) is 1.86. The summed E-state index contributed by atoms with van der Waals surface area (Å²) in [6.07, 6.45) is -10.5. The van der Waals surface area contributed by atoms with E-state index >= 15 is 0 Å². The Labute approximate surface area is 99.6 Å². The molecule has 0 aliphatic carbocycles. The average molecular weight is 325 g/mol. The molecule has 0 spiro atoms. The highest BCUT2D eigenvalue weighted by Crippen LogP contribution is 2.43. The van der Waals surface area contributed by atoms with Crippen LogP contribution in [0.25, 0.3) is 0 Å². The van der Waals surface area contributed by atoms with Gasteiger partial charge in [-0.3, -0.25) is 0 Å². The molecule has 1 rings (SSSR count). The monoisotopic (exact) mass is 324 g/mol. The maximum atomic E-state index is 13.1. The minimum atomic E-state index is -5.27. The molecule has 0 aliphatic heterocycles. The summed E-state index contributed by atoms with van der Waals surface area (Å²) in [6.45, 7) is 0. The SMILES string of the molecule is Fc1ccc(C(F)(F)F)c(C(F)(F)F)c1CBr. The summed E-state index contributed by atoms with van der Waals surface area (Å²) < 4.78 is 87.8. The smallest absolute Gasteiger partial charge is 0.207 e. The van der Waals surface area contributed by atoms with E-state index in [9.17, 15) is 30.7 Å². The molecular formula is C9H4BrF7. The van der Waals surface area contributed by atoms with Crippen molar-refractivity contribution < 1.29 is 30.7 Å². The Hall–Kier alpha value is -0.790. The van der Waals surface area contributed by atoms with Crippen LogP contribution in [0.1, 0.15) is 16.7 Å². The topological polar surface area (TPSA) is 0 Å². The van der Waals surface area contributed by atoms with Gasteiger partial charge in [0, 0.05) is 10.9 Å². The highest BCUT2D eigenvalue weighted by atomic mass is 79.9. The van der Waals surface area contributed by atoms with Crippen LogP contribution in [0.15, 0.2) is 12.1 Å². The quantitative estimate of drug-likeness (QED) is 0.516. The van der Waals surface area contributed by atoms with Crippen LogP contribution in [-0.2, 0) is 17.7 Å². The number of hydrogen-bond donors (Lipinski definition) is 0. The van der Waals surface area contributed by atoms with Gasteiger partial charge in [0.05, 0.1) is 11.1 Å². The van der Waals surface area contributed by atoms with E-state index in [1.165, 1.54) is 0 Å². The van der Waals surface area contributed by atoms with Crippen LogP contribution in [0.3, 0.4) is 0 Å². The molecule has 0 radical (unpaired) electrons. The van der Waals surface area contributed by atoms with E-state index in [2.05, 4.69) is 15.9 Å². The van der Waals surface area contributed by atoms with Gasteiger partial charge in [-0.1, -0.05) is 15.9 Å². The maximum absolute atomic E-state index is 13.1. The summed E-state index contributed by atoms with van der Waals surface area (Å²) in [6, 6.07) is 0.457. The first-order valence-corrected chi connectivity index (χ1v) is 5.23. The number of alkyl halides is 7. The number of halogens is 8. The van der Waals surface area contributed by atoms with Gasteiger partial charge >= 0.3 is 12.4 Å². The minimum Gasteiger partial charge on any atom is -0.207 e. The molecule has 0 unspecified atom stereocenters. The molecular weight excluding hydrogens is 321 g/mol. The van der Waals surface area contributed by atoms with Crippen molar-refractivity contribution >= 4 is 15.9 Å². The van der Waals surface area contributed by atoms with Crippen molar-refractivity contribution in [3.63, 3.8) is 0 Å². The molecule has 0 bridgehead atoms. The first-order chi connectivity index (χ1) is 7.59. The molecule has 96 valence electrons. The normalized spacial score (nSPS) is 12.9. The average Bonchev–Trinajstić information content (AvgIpc) is 2.13. The molecule has 0 aliphatic rings. The minimum absolute atomic E-state index is 0.0876. The Bertz CT molecular complexity index is 419. The first-order valence-electron chi connectivity index (χ1n) is 4.10. The lowest BCUT2D eigenvalue weighted by Gasteiger charge is -2.18. The summed E-state index contributed by atoms with van der Waals surface area (Å²) in [4.78, 5) is 0. The van der Waals surface area contributed by atoms with Gasteiger partial charge in [-0.05, 0) is 12.1 Å². The molecule has 0 saturated carbocycles. The molecule has 0 fully saturated rings. The zero-order valence-corrected chi connectivity index (χ0v) is 9.47. The molecule has 0 amide bonds. The van der Waals surface area contributed by atoms with E-state index < -0.39 is 40.2 Å². The molecule has 0 N–H and O–H groups in total. The third kappa shape index (κ3) is 2.91. The van der Waals surface area contributed by atoms with Crippen molar-refractivity contribution in [1.29, 1.82) is 0 Å². The van der Waals surface area contributed by atoms with E-state index in [1.54, 1.807) is 0 Å². The van der Waals surface area contributed by atoms with E-state index in [4.69, 9.17) is 0 Å². The van der Waals surface area contributed by atoms with Crippen molar-refractivity contribution in [3.8, 4) is 0 Å². The van der Waals surface area contributed by atoms with E-state index in [0.717, 1.165) is 0 Å². The molecule has 8 heteroatoms. The fraction of sp³-hybridized carbons (Fsp3) is 0.333. The highest BCUT2D eigenvalue weighted by molar-refractivity contribution is 9.08. The Balaban J connectivity index is 3.64. The lowest BCUT2D eigenvalue weighted by Crippen LogP contribution is -2.19. The zero-order chi connectivity index (χ0) is 13.4. The standard InChI is InChI=1S/C9H4BrF7/c10-3-4-6(11)2-1-5(8(12,13)14)7(4)9(15,16)17/h1-2H,3H2. The van der Waals surface area contributed by atoms with E-state index in [0.29, 0.717) is 6.07 Å². The van der Waals surface area contributed by atoms with E-state index in [1.807, 2.05) is 0 Å². The second-order valence-electron chi connectivity index (χ2n) is 3.08. The van der Waals surface area contributed by atoms with Gasteiger partial charge in [0.1, 0.15) is 5.82 Å². The van der Waals surface area contributed by atoms with Crippen LogP contribution in [0, 0.1) is 5.82 Å². The third-order valence-corrected chi connectivity index (χ3v) is 2.54. The Morgan fingerprint density at radius 3 is 1.82 bits per heavy atom. The molecule has 1 aromatic carbocycles. The van der Waals surface area contributed by atoms with Gasteiger partial charge in [-0.15, -0.1) is 0 Å². The number of benzene rings is 1. The van der Waals surface area contributed by atoms with Crippen molar-refractivity contribution in [2.75, 3.05) is 0 Å². The van der Waals surface area contributed by atoms with Crippen LogP contribution in [0.5, 0.6) is 0 Å². The van der Waals surface area contributed by atoms with Gasteiger partial charge in [0.15, 0.2) is 0 Å². The van der Waals surface area contributed by atoms with Crippen LogP contribution in [0.2, 0.25) is 0 Å². The van der Waals surface area contributed by atoms with Crippen molar-refractivity contribution in [1.82, 2.24) is 0 Å². The predicted molar refractivity (Wildman–Crippen MR) is 49.0 cm³/mol. The Morgan fingerprint density at radius 2 is 1.47 bits per heavy atom. The first kappa shape index (κ1) is 14.3.